The molecule has 0 rings (SSSR count). The van der Waals surface area contributed by atoms with Crippen molar-refractivity contribution in [2.75, 3.05) is 0 Å². The summed E-state index contributed by atoms with van der Waals surface area (Å²) in [6.45, 7) is 2.04. The Balaban J connectivity index is 3.80. The fourth-order valence-corrected chi connectivity index (χ4v) is 1.44. The van der Waals surface area contributed by atoms with Crippen molar-refractivity contribution < 1.29 is 9.59 Å². The summed E-state index contributed by atoms with van der Waals surface area (Å²) in [5.74, 6) is -0.204. The Morgan fingerprint density at radius 1 is 1.23 bits per heavy atom. The first kappa shape index (κ1) is 12.9. The van der Waals surface area contributed by atoms with Crippen LogP contribution in [0.3, 0.4) is 0 Å². The van der Waals surface area contributed by atoms with Crippen molar-refractivity contribution in [1.29, 1.82) is 0 Å². The van der Waals surface area contributed by atoms with Gasteiger partial charge in [-0.3, -0.25) is 9.59 Å². The van der Waals surface area contributed by atoms with Crippen LogP contribution in [-0.4, -0.2) is 10.5 Å². The molecule has 0 aromatic carbocycles. The maximum Gasteiger partial charge on any atom is 0.224 e. The van der Waals surface area contributed by atoms with Crippen LogP contribution < -0.4 is 0 Å². The second-order valence-electron chi connectivity index (χ2n) is 3.04. The molecule has 0 heterocycles. The van der Waals surface area contributed by atoms with Gasteiger partial charge in [0.2, 0.25) is 10.5 Å². The molecule has 0 radical (unpaired) electrons. The molecule has 0 aliphatic heterocycles. The summed E-state index contributed by atoms with van der Waals surface area (Å²) in [4.78, 5) is 21.3. The third-order valence-corrected chi connectivity index (χ3v) is 2.41. The first-order valence-corrected chi connectivity index (χ1v) is 5.21. The molecule has 0 saturated carbocycles. The summed E-state index contributed by atoms with van der Waals surface area (Å²) in [7, 11) is 0. The minimum Gasteiger partial charge on any atom is -0.281 e. The molecule has 0 aliphatic carbocycles. The van der Waals surface area contributed by atoms with Gasteiger partial charge in [0.1, 0.15) is 0 Å². The van der Waals surface area contributed by atoms with Crippen LogP contribution in [0.4, 0.5) is 0 Å². The standard InChI is InChI=1S/C9H14Cl2O2/c1-2-3-4-7(9(11)13)5-6-8(10)12/h7H,2-6H2,1H3. The molecular weight excluding hydrogens is 211 g/mol. The number of unbranched alkanes of at least 4 members (excludes halogenated alkanes) is 1. The molecule has 4 heteroatoms. The maximum atomic E-state index is 10.9. The summed E-state index contributed by atoms with van der Waals surface area (Å²) in [5, 5.41) is -0.759. The number of rotatable bonds is 7. The van der Waals surface area contributed by atoms with E-state index in [-0.39, 0.29) is 17.6 Å². The van der Waals surface area contributed by atoms with E-state index in [0.717, 1.165) is 19.3 Å². The van der Waals surface area contributed by atoms with Gasteiger partial charge in [-0.15, -0.1) is 0 Å². The monoisotopic (exact) mass is 224 g/mol. The highest BCUT2D eigenvalue weighted by Gasteiger charge is 2.16. The Hall–Kier alpha value is -0.0800. The zero-order chi connectivity index (χ0) is 10.3. The van der Waals surface area contributed by atoms with Crippen molar-refractivity contribution in [1.82, 2.24) is 0 Å². The molecule has 2 nitrogen and oxygen atoms in total. The van der Waals surface area contributed by atoms with E-state index in [4.69, 9.17) is 23.2 Å². The number of halogens is 2. The highest BCUT2D eigenvalue weighted by molar-refractivity contribution is 6.64. The Morgan fingerprint density at radius 3 is 2.23 bits per heavy atom. The normalized spacial score (nSPS) is 12.5. The first-order valence-electron chi connectivity index (χ1n) is 4.45. The summed E-state index contributed by atoms with van der Waals surface area (Å²) in [6.07, 6.45) is 3.44. The van der Waals surface area contributed by atoms with Gasteiger partial charge in [-0.1, -0.05) is 19.8 Å². The molecule has 0 bridgehead atoms. The van der Waals surface area contributed by atoms with Crippen molar-refractivity contribution in [3.8, 4) is 0 Å². The quantitative estimate of drug-likeness (QED) is 0.624. The minimum atomic E-state index is -0.403. The molecule has 0 aliphatic rings. The Bertz CT molecular complexity index is 180. The van der Waals surface area contributed by atoms with E-state index in [2.05, 4.69) is 0 Å². The van der Waals surface area contributed by atoms with Crippen molar-refractivity contribution in [2.45, 2.75) is 39.0 Å². The third-order valence-electron chi connectivity index (χ3n) is 1.92. The van der Waals surface area contributed by atoms with E-state index in [1.807, 2.05) is 6.92 Å². The van der Waals surface area contributed by atoms with Gasteiger partial charge < -0.3 is 0 Å². The first-order chi connectivity index (χ1) is 6.07. The van der Waals surface area contributed by atoms with E-state index >= 15 is 0 Å². The second-order valence-corrected chi connectivity index (χ2v) is 3.83. The lowest BCUT2D eigenvalue weighted by Crippen LogP contribution is -2.09. The maximum absolute atomic E-state index is 10.9. The van der Waals surface area contributed by atoms with Crippen molar-refractivity contribution in [3.05, 3.63) is 0 Å². The molecule has 0 spiro atoms. The van der Waals surface area contributed by atoms with Gasteiger partial charge in [0.25, 0.3) is 0 Å². The van der Waals surface area contributed by atoms with Crippen LogP contribution in [0.2, 0.25) is 0 Å². The van der Waals surface area contributed by atoms with Gasteiger partial charge in [0.05, 0.1) is 0 Å². The van der Waals surface area contributed by atoms with E-state index in [0.29, 0.717) is 6.42 Å². The molecule has 0 saturated heterocycles. The number of hydrogen-bond donors (Lipinski definition) is 0. The SMILES string of the molecule is CCCCC(CCC(=O)Cl)C(=O)Cl. The lowest BCUT2D eigenvalue weighted by atomic mass is 9.98. The van der Waals surface area contributed by atoms with Gasteiger partial charge in [-0.05, 0) is 36.0 Å². The van der Waals surface area contributed by atoms with Gasteiger partial charge in [0, 0.05) is 12.3 Å². The lowest BCUT2D eigenvalue weighted by molar-refractivity contribution is -0.116. The van der Waals surface area contributed by atoms with Crippen molar-refractivity contribution in [2.24, 2.45) is 5.92 Å². The average molecular weight is 225 g/mol. The summed E-state index contributed by atoms with van der Waals surface area (Å²) in [6, 6.07) is 0. The van der Waals surface area contributed by atoms with Gasteiger partial charge in [-0.2, -0.15) is 0 Å². The highest BCUT2D eigenvalue weighted by atomic mass is 35.5. The molecule has 76 valence electrons. The number of carbonyl (C=O) groups is 2. The largest absolute Gasteiger partial charge is 0.281 e. The Kier molecular flexibility index (Phi) is 7.29. The summed E-state index contributed by atoms with van der Waals surface area (Å²) < 4.78 is 0. The fraction of sp³-hybridized carbons (Fsp3) is 0.778. The van der Waals surface area contributed by atoms with Crippen LogP contribution in [-0.2, 0) is 9.59 Å². The predicted octanol–water partition coefficient (Wildman–Crippen LogP) is 3.10. The smallest absolute Gasteiger partial charge is 0.224 e. The van der Waals surface area contributed by atoms with Crippen LogP contribution in [0.25, 0.3) is 0 Å². The molecule has 0 amide bonds. The third kappa shape index (κ3) is 7.03. The van der Waals surface area contributed by atoms with Crippen LogP contribution in [0.1, 0.15) is 39.0 Å². The zero-order valence-electron chi connectivity index (χ0n) is 7.69. The molecule has 0 N–H and O–H groups in total. The van der Waals surface area contributed by atoms with Crippen LogP contribution in [0, 0.1) is 5.92 Å². The molecular formula is C9H14Cl2O2. The van der Waals surface area contributed by atoms with Crippen LogP contribution in [0.15, 0.2) is 0 Å². The van der Waals surface area contributed by atoms with Gasteiger partial charge >= 0.3 is 0 Å². The number of hydrogen-bond acceptors (Lipinski definition) is 2. The van der Waals surface area contributed by atoms with Crippen molar-refractivity contribution >= 4 is 33.7 Å². The van der Waals surface area contributed by atoms with Crippen molar-refractivity contribution in [3.63, 3.8) is 0 Å². The average Bonchev–Trinajstić information content (AvgIpc) is 2.03. The van der Waals surface area contributed by atoms with E-state index < -0.39 is 5.24 Å². The van der Waals surface area contributed by atoms with E-state index in [9.17, 15) is 9.59 Å². The molecule has 1 unspecified atom stereocenters. The lowest BCUT2D eigenvalue weighted by Gasteiger charge is -2.09. The van der Waals surface area contributed by atoms with E-state index in [1.54, 1.807) is 0 Å². The van der Waals surface area contributed by atoms with Gasteiger partial charge in [0.15, 0.2) is 0 Å². The predicted molar refractivity (Wildman–Crippen MR) is 54.0 cm³/mol. The van der Waals surface area contributed by atoms with E-state index in [1.165, 1.54) is 0 Å². The molecule has 0 fully saturated rings. The van der Waals surface area contributed by atoms with Crippen LogP contribution >= 0.6 is 23.2 Å². The molecule has 0 aromatic rings. The molecule has 1 atom stereocenters. The molecule has 0 aromatic heterocycles. The summed E-state index contributed by atoms with van der Waals surface area (Å²) >= 11 is 10.5. The Morgan fingerprint density at radius 2 is 1.85 bits per heavy atom. The second kappa shape index (κ2) is 7.34. The minimum absolute atomic E-state index is 0.204. The molecule has 13 heavy (non-hydrogen) atoms. The van der Waals surface area contributed by atoms with Crippen LogP contribution in [0.5, 0.6) is 0 Å². The topological polar surface area (TPSA) is 34.1 Å². The highest BCUT2D eigenvalue weighted by Crippen LogP contribution is 2.18. The Labute approximate surface area is 88.6 Å². The van der Waals surface area contributed by atoms with Gasteiger partial charge in [-0.25, -0.2) is 0 Å². The zero-order valence-corrected chi connectivity index (χ0v) is 9.20. The summed E-state index contributed by atoms with van der Waals surface area (Å²) in [5.41, 5.74) is 0. The fourth-order valence-electron chi connectivity index (χ4n) is 1.11. The number of carbonyl (C=O) groups excluding carboxylic acids is 2.